The Kier molecular flexibility index (Phi) is 5.42. The smallest absolute Gasteiger partial charge is 0.101 e. The van der Waals surface area contributed by atoms with E-state index < -0.39 is 0 Å². The Bertz CT molecular complexity index is 352. The number of anilines is 1. The predicted octanol–water partition coefficient (Wildman–Crippen LogP) is 3.57. The number of unbranched alkanes of at least 4 members (excludes halogenated alkanes) is 1. The van der Waals surface area contributed by atoms with Crippen LogP contribution in [0.15, 0.2) is 24.3 Å². The maximum atomic E-state index is 9.08. The van der Waals surface area contributed by atoms with Crippen molar-refractivity contribution in [3.05, 3.63) is 29.8 Å². The van der Waals surface area contributed by atoms with E-state index in [2.05, 4.69) is 24.8 Å². The topological polar surface area (TPSA) is 27.0 Å². The zero-order valence-corrected chi connectivity index (χ0v) is 10.2. The summed E-state index contributed by atoms with van der Waals surface area (Å²) in [7, 11) is 0. The quantitative estimate of drug-likeness (QED) is 0.726. The highest BCUT2D eigenvalue weighted by atomic mass is 15.1. The van der Waals surface area contributed by atoms with Crippen molar-refractivity contribution in [3.63, 3.8) is 0 Å². The summed E-state index contributed by atoms with van der Waals surface area (Å²) in [6.45, 7) is 6.44. The Morgan fingerprint density at radius 2 is 1.88 bits per heavy atom. The summed E-state index contributed by atoms with van der Waals surface area (Å²) in [6.07, 6.45) is 3.48. The van der Waals surface area contributed by atoms with Crippen molar-refractivity contribution in [2.45, 2.75) is 33.1 Å². The Labute approximate surface area is 98.5 Å². The van der Waals surface area contributed by atoms with Crippen LogP contribution in [0.25, 0.3) is 0 Å². The maximum Gasteiger partial charge on any atom is 0.101 e. The van der Waals surface area contributed by atoms with Crippen molar-refractivity contribution >= 4 is 5.69 Å². The van der Waals surface area contributed by atoms with Crippen LogP contribution in [0.1, 0.15) is 38.7 Å². The molecule has 16 heavy (non-hydrogen) atoms. The number of nitrogens with zero attached hydrogens (tertiary/aromatic N) is 2. The molecule has 0 aliphatic carbocycles. The fourth-order valence-electron chi connectivity index (χ4n) is 1.82. The highest BCUT2D eigenvalue weighted by Gasteiger charge is 2.08. The summed E-state index contributed by atoms with van der Waals surface area (Å²) in [5.41, 5.74) is 1.87. The second kappa shape index (κ2) is 6.90. The van der Waals surface area contributed by atoms with Crippen molar-refractivity contribution in [1.82, 2.24) is 0 Å². The van der Waals surface area contributed by atoms with Gasteiger partial charge in [-0.15, -0.1) is 0 Å². The minimum Gasteiger partial charge on any atom is -0.370 e. The van der Waals surface area contributed by atoms with Crippen molar-refractivity contribution in [3.8, 4) is 6.07 Å². The van der Waals surface area contributed by atoms with Gasteiger partial charge in [0, 0.05) is 13.1 Å². The van der Waals surface area contributed by atoms with Crippen LogP contribution in [0.3, 0.4) is 0 Å². The van der Waals surface area contributed by atoms with E-state index in [1.165, 1.54) is 12.8 Å². The molecule has 1 aromatic carbocycles. The second-order valence-corrected chi connectivity index (χ2v) is 3.97. The number of benzene rings is 1. The zero-order chi connectivity index (χ0) is 11.8. The summed E-state index contributed by atoms with van der Waals surface area (Å²) in [4.78, 5) is 2.32. The number of rotatable bonds is 6. The molecule has 0 saturated carbocycles. The molecule has 2 heteroatoms. The molecule has 0 aliphatic heterocycles. The normalized spacial score (nSPS) is 9.81. The van der Waals surface area contributed by atoms with Gasteiger partial charge >= 0.3 is 0 Å². The fraction of sp³-hybridized carbons (Fsp3) is 0.500. The maximum absolute atomic E-state index is 9.08. The number of nitriles is 1. The van der Waals surface area contributed by atoms with E-state index in [1.807, 2.05) is 24.3 Å². The summed E-state index contributed by atoms with van der Waals surface area (Å²) >= 11 is 0. The Morgan fingerprint density at radius 3 is 2.50 bits per heavy atom. The van der Waals surface area contributed by atoms with Crippen molar-refractivity contribution in [1.29, 1.82) is 5.26 Å². The Balaban J connectivity index is 2.87. The lowest BCUT2D eigenvalue weighted by atomic mass is 10.1. The zero-order valence-electron chi connectivity index (χ0n) is 10.2. The minimum absolute atomic E-state index is 0.784. The Morgan fingerprint density at radius 1 is 1.12 bits per heavy atom. The van der Waals surface area contributed by atoms with E-state index in [4.69, 9.17) is 5.26 Å². The largest absolute Gasteiger partial charge is 0.370 e. The first-order valence-electron chi connectivity index (χ1n) is 6.07. The fourth-order valence-corrected chi connectivity index (χ4v) is 1.82. The molecule has 0 unspecified atom stereocenters. The molecular formula is C14H20N2. The van der Waals surface area contributed by atoms with Gasteiger partial charge in [-0.3, -0.25) is 0 Å². The van der Waals surface area contributed by atoms with Gasteiger partial charge < -0.3 is 4.90 Å². The van der Waals surface area contributed by atoms with Gasteiger partial charge in [0.25, 0.3) is 0 Å². The molecule has 0 bridgehead atoms. The van der Waals surface area contributed by atoms with Crippen LogP contribution < -0.4 is 4.90 Å². The van der Waals surface area contributed by atoms with E-state index in [1.54, 1.807) is 0 Å². The van der Waals surface area contributed by atoms with Crippen molar-refractivity contribution < 1.29 is 0 Å². The number of hydrogen-bond donors (Lipinski definition) is 0. The van der Waals surface area contributed by atoms with Crippen LogP contribution in [-0.2, 0) is 0 Å². The molecular weight excluding hydrogens is 196 g/mol. The van der Waals surface area contributed by atoms with Crippen LogP contribution >= 0.6 is 0 Å². The van der Waals surface area contributed by atoms with E-state index in [0.29, 0.717) is 0 Å². The Hall–Kier alpha value is -1.49. The predicted molar refractivity (Wildman–Crippen MR) is 68.6 cm³/mol. The van der Waals surface area contributed by atoms with E-state index in [0.717, 1.165) is 30.8 Å². The molecule has 0 N–H and O–H groups in total. The summed E-state index contributed by atoms with van der Waals surface area (Å²) in [5, 5.41) is 9.08. The first-order valence-corrected chi connectivity index (χ1v) is 6.07. The minimum atomic E-state index is 0.784. The third-order valence-electron chi connectivity index (χ3n) is 2.64. The van der Waals surface area contributed by atoms with Crippen LogP contribution in [0.5, 0.6) is 0 Å². The highest BCUT2D eigenvalue weighted by Crippen LogP contribution is 2.20. The molecule has 86 valence electrons. The van der Waals surface area contributed by atoms with Crippen LogP contribution in [0.4, 0.5) is 5.69 Å². The van der Waals surface area contributed by atoms with Crippen LogP contribution in [-0.4, -0.2) is 13.1 Å². The third kappa shape index (κ3) is 3.27. The molecule has 0 aromatic heterocycles. The highest BCUT2D eigenvalue weighted by molar-refractivity contribution is 5.59. The van der Waals surface area contributed by atoms with Crippen molar-refractivity contribution in [2.24, 2.45) is 0 Å². The second-order valence-electron chi connectivity index (χ2n) is 3.97. The van der Waals surface area contributed by atoms with Gasteiger partial charge in [0.05, 0.1) is 11.3 Å². The summed E-state index contributed by atoms with van der Waals surface area (Å²) in [5.74, 6) is 0. The average molecular weight is 216 g/mol. The van der Waals surface area contributed by atoms with Gasteiger partial charge in [-0.05, 0) is 25.0 Å². The lowest BCUT2D eigenvalue weighted by molar-refractivity contribution is 0.703. The molecule has 0 radical (unpaired) electrons. The number of hydrogen-bond acceptors (Lipinski definition) is 2. The van der Waals surface area contributed by atoms with E-state index in [-0.39, 0.29) is 0 Å². The molecule has 2 nitrogen and oxygen atoms in total. The molecule has 0 amide bonds. The van der Waals surface area contributed by atoms with Gasteiger partial charge in [-0.1, -0.05) is 32.4 Å². The van der Waals surface area contributed by atoms with E-state index in [9.17, 15) is 0 Å². The van der Waals surface area contributed by atoms with Crippen LogP contribution in [0, 0.1) is 11.3 Å². The summed E-state index contributed by atoms with van der Waals surface area (Å²) in [6, 6.07) is 10.1. The van der Waals surface area contributed by atoms with E-state index >= 15 is 0 Å². The first-order chi connectivity index (χ1) is 7.83. The number of para-hydroxylation sites is 1. The molecule has 0 heterocycles. The molecule has 0 spiro atoms. The first kappa shape index (κ1) is 12.6. The SMILES string of the molecule is CCCCN(CCC)c1ccccc1C#N. The van der Waals surface area contributed by atoms with Crippen LogP contribution in [0.2, 0.25) is 0 Å². The van der Waals surface area contributed by atoms with Gasteiger partial charge in [-0.25, -0.2) is 0 Å². The molecule has 0 atom stereocenters. The standard InChI is InChI=1S/C14H20N2/c1-3-5-11-16(10-4-2)14-9-7-6-8-13(14)12-15/h6-9H,3-5,10-11H2,1-2H3. The molecule has 0 saturated heterocycles. The monoisotopic (exact) mass is 216 g/mol. The van der Waals surface area contributed by atoms with Gasteiger partial charge in [0.2, 0.25) is 0 Å². The van der Waals surface area contributed by atoms with Gasteiger partial charge in [0.1, 0.15) is 6.07 Å². The van der Waals surface area contributed by atoms with Gasteiger partial charge in [0.15, 0.2) is 0 Å². The molecule has 1 rings (SSSR count). The molecule has 0 fully saturated rings. The average Bonchev–Trinajstić information content (AvgIpc) is 2.34. The lowest BCUT2D eigenvalue weighted by Gasteiger charge is -2.25. The lowest BCUT2D eigenvalue weighted by Crippen LogP contribution is -2.25. The van der Waals surface area contributed by atoms with Crippen molar-refractivity contribution in [2.75, 3.05) is 18.0 Å². The molecule has 0 aliphatic rings. The van der Waals surface area contributed by atoms with Gasteiger partial charge in [-0.2, -0.15) is 5.26 Å². The summed E-state index contributed by atoms with van der Waals surface area (Å²) < 4.78 is 0. The molecule has 1 aromatic rings. The third-order valence-corrected chi connectivity index (χ3v) is 2.64.